The van der Waals surface area contributed by atoms with Crippen molar-refractivity contribution in [3.05, 3.63) is 32.7 Å². The molecule has 1 fully saturated rings. The van der Waals surface area contributed by atoms with Gasteiger partial charge in [-0.1, -0.05) is 0 Å². The fourth-order valence-electron chi connectivity index (χ4n) is 2.74. The van der Waals surface area contributed by atoms with Crippen LogP contribution in [-0.4, -0.2) is 43.9 Å². The normalized spacial score (nSPS) is 18.1. The topological polar surface area (TPSA) is 92.0 Å². The van der Waals surface area contributed by atoms with Crippen molar-refractivity contribution < 1.29 is 14.7 Å². The molecule has 1 amide bonds. The lowest BCUT2D eigenvalue weighted by Gasteiger charge is -2.20. The van der Waals surface area contributed by atoms with E-state index in [1.54, 1.807) is 6.92 Å². The molecule has 0 aromatic carbocycles. The molecule has 116 valence electrons. The number of fused-ring (bicyclic) bond motifs is 1. The number of amides is 1. The first-order chi connectivity index (χ1) is 10.4. The van der Waals surface area contributed by atoms with Gasteiger partial charge in [0.05, 0.1) is 0 Å². The Bertz CT molecular complexity index is 838. The first-order valence-corrected chi connectivity index (χ1v) is 7.75. The summed E-state index contributed by atoms with van der Waals surface area (Å²) in [5, 5.41) is 9.18. The SMILES string of the molecule is Cc1sc2ncc(C(=O)N3CCC[C@@H]3C(=O)O)c(=O)n2c1C. The predicted molar refractivity (Wildman–Crippen MR) is 80.5 cm³/mol. The van der Waals surface area contributed by atoms with Crippen molar-refractivity contribution in [1.29, 1.82) is 0 Å². The van der Waals surface area contributed by atoms with Crippen LogP contribution in [0.15, 0.2) is 11.0 Å². The van der Waals surface area contributed by atoms with Gasteiger partial charge in [0.15, 0.2) is 4.96 Å². The van der Waals surface area contributed by atoms with Gasteiger partial charge in [-0.2, -0.15) is 0 Å². The maximum absolute atomic E-state index is 12.6. The molecular weight excluding hydrogens is 306 g/mol. The van der Waals surface area contributed by atoms with Crippen molar-refractivity contribution >= 4 is 28.2 Å². The average Bonchev–Trinajstić information content (AvgIpc) is 3.05. The van der Waals surface area contributed by atoms with E-state index in [1.807, 2.05) is 6.92 Å². The second-order valence-electron chi connectivity index (χ2n) is 5.33. The first-order valence-electron chi connectivity index (χ1n) is 6.93. The minimum absolute atomic E-state index is 0.0773. The molecule has 2 aromatic rings. The molecule has 1 aliphatic rings. The molecule has 0 aliphatic carbocycles. The van der Waals surface area contributed by atoms with Crippen molar-refractivity contribution in [1.82, 2.24) is 14.3 Å². The molecule has 0 saturated carbocycles. The van der Waals surface area contributed by atoms with Crippen molar-refractivity contribution in [3.63, 3.8) is 0 Å². The number of carbonyl (C=O) groups is 2. The van der Waals surface area contributed by atoms with Crippen LogP contribution < -0.4 is 5.56 Å². The molecule has 1 aliphatic heterocycles. The van der Waals surface area contributed by atoms with Gasteiger partial charge in [0.2, 0.25) is 0 Å². The van der Waals surface area contributed by atoms with E-state index < -0.39 is 23.5 Å². The number of likely N-dealkylation sites (tertiary alicyclic amines) is 1. The number of carboxylic acid groups (broad SMARTS) is 1. The standard InChI is InChI=1S/C14H15N3O4S/c1-7-8(2)22-14-15-6-9(12(19)17(7)14)11(18)16-5-3-4-10(16)13(20)21/h6,10H,3-5H2,1-2H3,(H,20,21)/t10-/m1/s1. The number of rotatable bonds is 2. The van der Waals surface area contributed by atoms with Crippen LogP contribution in [0.25, 0.3) is 4.96 Å². The second kappa shape index (κ2) is 5.20. The van der Waals surface area contributed by atoms with E-state index in [1.165, 1.54) is 26.8 Å². The van der Waals surface area contributed by atoms with Crippen LogP contribution in [0.4, 0.5) is 0 Å². The molecule has 2 aromatic heterocycles. The first kappa shape index (κ1) is 14.7. The lowest BCUT2D eigenvalue weighted by molar-refractivity contribution is -0.141. The minimum Gasteiger partial charge on any atom is -0.480 e. The van der Waals surface area contributed by atoms with E-state index >= 15 is 0 Å². The van der Waals surface area contributed by atoms with Gasteiger partial charge in [-0.15, -0.1) is 11.3 Å². The molecule has 7 nitrogen and oxygen atoms in total. The van der Waals surface area contributed by atoms with E-state index in [4.69, 9.17) is 0 Å². The lowest BCUT2D eigenvalue weighted by atomic mass is 10.2. The Labute approximate surface area is 129 Å². The molecule has 0 radical (unpaired) electrons. The van der Waals surface area contributed by atoms with Crippen molar-refractivity contribution in [2.45, 2.75) is 32.7 Å². The van der Waals surface area contributed by atoms with Crippen LogP contribution in [0, 0.1) is 13.8 Å². The highest BCUT2D eigenvalue weighted by Gasteiger charge is 2.35. The monoisotopic (exact) mass is 321 g/mol. The summed E-state index contributed by atoms with van der Waals surface area (Å²) in [5.74, 6) is -1.59. The maximum atomic E-state index is 12.6. The molecule has 8 heteroatoms. The number of hydrogen-bond donors (Lipinski definition) is 1. The van der Waals surface area contributed by atoms with Gasteiger partial charge < -0.3 is 10.0 Å². The highest BCUT2D eigenvalue weighted by Crippen LogP contribution is 2.21. The van der Waals surface area contributed by atoms with Crippen LogP contribution in [-0.2, 0) is 4.79 Å². The fraction of sp³-hybridized carbons (Fsp3) is 0.429. The van der Waals surface area contributed by atoms with E-state index in [9.17, 15) is 19.5 Å². The quantitative estimate of drug-likeness (QED) is 0.893. The Balaban J connectivity index is 2.08. The second-order valence-corrected chi connectivity index (χ2v) is 6.52. The van der Waals surface area contributed by atoms with E-state index in [0.717, 1.165) is 10.6 Å². The Hall–Kier alpha value is -2.22. The highest BCUT2D eigenvalue weighted by molar-refractivity contribution is 7.17. The van der Waals surface area contributed by atoms with Crippen molar-refractivity contribution in [3.8, 4) is 0 Å². The number of carbonyl (C=O) groups excluding carboxylic acids is 1. The van der Waals surface area contributed by atoms with Crippen molar-refractivity contribution in [2.24, 2.45) is 0 Å². The smallest absolute Gasteiger partial charge is 0.326 e. The molecule has 1 atom stereocenters. The van der Waals surface area contributed by atoms with Crippen LogP contribution in [0.3, 0.4) is 0 Å². The number of carboxylic acids is 1. The van der Waals surface area contributed by atoms with E-state index in [0.29, 0.717) is 24.3 Å². The zero-order valence-electron chi connectivity index (χ0n) is 12.2. The predicted octanol–water partition coefficient (Wildman–Crippen LogP) is 1.06. The van der Waals surface area contributed by atoms with Gasteiger partial charge in [0, 0.05) is 23.3 Å². The number of aryl methyl sites for hydroxylation is 2. The molecule has 0 bridgehead atoms. The number of nitrogens with zero attached hydrogens (tertiary/aromatic N) is 3. The van der Waals surface area contributed by atoms with E-state index in [-0.39, 0.29) is 5.56 Å². The third-order valence-corrected chi connectivity index (χ3v) is 5.12. The Morgan fingerprint density at radius 3 is 2.82 bits per heavy atom. The number of hydrogen-bond acceptors (Lipinski definition) is 5. The summed E-state index contributed by atoms with van der Waals surface area (Å²) < 4.78 is 1.42. The zero-order chi connectivity index (χ0) is 16.0. The van der Waals surface area contributed by atoms with Crippen LogP contribution in [0.2, 0.25) is 0 Å². The molecule has 22 heavy (non-hydrogen) atoms. The highest BCUT2D eigenvalue weighted by atomic mass is 32.1. The van der Waals surface area contributed by atoms with Gasteiger partial charge in [0.25, 0.3) is 11.5 Å². The summed E-state index contributed by atoms with van der Waals surface area (Å²) >= 11 is 1.38. The summed E-state index contributed by atoms with van der Waals surface area (Å²) in [6.45, 7) is 4.03. The molecule has 0 spiro atoms. The molecule has 1 N–H and O–H groups in total. The van der Waals surface area contributed by atoms with Gasteiger partial charge in [-0.05, 0) is 26.7 Å². The van der Waals surface area contributed by atoms with Crippen molar-refractivity contribution in [2.75, 3.05) is 6.54 Å². The number of thiazole rings is 1. The summed E-state index contributed by atoms with van der Waals surface area (Å²) in [4.78, 5) is 43.3. The zero-order valence-corrected chi connectivity index (χ0v) is 13.0. The van der Waals surface area contributed by atoms with Gasteiger partial charge in [0.1, 0.15) is 11.6 Å². The average molecular weight is 321 g/mol. The summed E-state index contributed by atoms with van der Waals surface area (Å²) in [5.41, 5.74) is 0.239. The lowest BCUT2D eigenvalue weighted by Crippen LogP contribution is -2.42. The van der Waals surface area contributed by atoms with Gasteiger partial charge in [-0.3, -0.25) is 14.0 Å². The summed E-state index contributed by atoms with van der Waals surface area (Å²) in [6, 6.07) is -0.863. The third kappa shape index (κ3) is 2.10. The van der Waals surface area contributed by atoms with E-state index in [2.05, 4.69) is 4.98 Å². The van der Waals surface area contributed by atoms with Crippen LogP contribution in [0.1, 0.15) is 33.8 Å². The summed E-state index contributed by atoms with van der Waals surface area (Å²) in [6.07, 6.45) is 2.29. The summed E-state index contributed by atoms with van der Waals surface area (Å²) in [7, 11) is 0. The van der Waals surface area contributed by atoms with Crippen LogP contribution >= 0.6 is 11.3 Å². The maximum Gasteiger partial charge on any atom is 0.326 e. The number of aliphatic carboxylic acids is 1. The van der Waals surface area contributed by atoms with Gasteiger partial charge in [-0.25, -0.2) is 9.78 Å². The fourth-order valence-corrected chi connectivity index (χ4v) is 3.67. The third-order valence-electron chi connectivity index (χ3n) is 4.05. The molecule has 1 saturated heterocycles. The Morgan fingerprint density at radius 1 is 1.41 bits per heavy atom. The Kier molecular flexibility index (Phi) is 3.48. The largest absolute Gasteiger partial charge is 0.480 e. The molecule has 3 heterocycles. The molecular formula is C14H15N3O4S. The van der Waals surface area contributed by atoms with Crippen LogP contribution in [0.5, 0.6) is 0 Å². The Morgan fingerprint density at radius 2 is 2.14 bits per heavy atom. The number of aromatic nitrogens is 2. The minimum atomic E-state index is -1.04. The van der Waals surface area contributed by atoms with Gasteiger partial charge >= 0.3 is 5.97 Å². The molecule has 0 unspecified atom stereocenters. The molecule has 3 rings (SSSR count).